The second-order valence-electron chi connectivity index (χ2n) is 4.54. The van der Waals surface area contributed by atoms with E-state index in [0.717, 1.165) is 16.7 Å². The SMILES string of the molecule is CN[C@@H](Oc1ccnc2cc(OC)c(OC)cc12)C(C)Br. The van der Waals surface area contributed by atoms with Gasteiger partial charge < -0.3 is 14.2 Å². The van der Waals surface area contributed by atoms with Crippen molar-refractivity contribution >= 4 is 26.8 Å². The first-order valence-electron chi connectivity index (χ1n) is 6.59. The Kier molecular flexibility index (Phi) is 5.25. The maximum atomic E-state index is 6.02. The molecule has 0 radical (unpaired) electrons. The van der Waals surface area contributed by atoms with Crippen molar-refractivity contribution in [3.05, 3.63) is 24.4 Å². The number of hydrogen-bond acceptors (Lipinski definition) is 5. The van der Waals surface area contributed by atoms with Crippen molar-refractivity contribution in [3.8, 4) is 17.2 Å². The van der Waals surface area contributed by atoms with Crippen LogP contribution in [-0.2, 0) is 0 Å². The molecule has 2 rings (SSSR count). The van der Waals surface area contributed by atoms with Crippen molar-refractivity contribution in [2.24, 2.45) is 0 Å². The van der Waals surface area contributed by atoms with Crippen LogP contribution < -0.4 is 19.5 Å². The van der Waals surface area contributed by atoms with E-state index in [-0.39, 0.29) is 11.1 Å². The molecule has 0 spiro atoms. The number of methoxy groups -OCH3 is 2. The van der Waals surface area contributed by atoms with Crippen LogP contribution in [0.2, 0.25) is 0 Å². The number of rotatable bonds is 6. The van der Waals surface area contributed by atoms with E-state index in [4.69, 9.17) is 14.2 Å². The van der Waals surface area contributed by atoms with Gasteiger partial charge >= 0.3 is 0 Å². The zero-order chi connectivity index (χ0) is 15.4. The lowest BCUT2D eigenvalue weighted by Gasteiger charge is -2.21. The van der Waals surface area contributed by atoms with E-state index >= 15 is 0 Å². The van der Waals surface area contributed by atoms with E-state index in [0.29, 0.717) is 11.5 Å². The fourth-order valence-electron chi connectivity index (χ4n) is 2.07. The molecule has 0 aliphatic carbocycles. The molecule has 0 saturated heterocycles. The van der Waals surface area contributed by atoms with E-state index in [9.17, 15) is 0 Å². The van der Waals surface area contributed by atoms with E-state index in [1.807, 2.05) is 32.2 Å². The molecule has 114 valence electrons. The van der Waals surface area contributed by atoms with Crippen LogP contribution in [0.4, 0.5) is 0 Å². The third-order valence-electron chi connectivity index (χ3n) is 3.16. The molecular weight excluding hydrogens is 336 g/mol. The second kappa shape index (κ2) is 6.95. The first-order chi connectivity index (χ1) is 10.1. The van der Waals surface area contributed by atoms with Gasteiger partial charge in [0.2, 0.25) is 0 Å². The number of benzene rings is 1. The average Bonchev–Trinajstić information content (AvgIpc) is 2.50. The van der Waals surface area contributed by atoms with Gasteiger partial charge in [0, 0.05) is 17.6 Å². The lowest BCUT2D eigenvalue weighted by Crippen LogP contribution is -2.38. The molecule has 0 aliphatic heterocycles. The van der Waals surface area contributed by atoms with Crippen molar-refractivity contribution in [2.75, 3.05) is 21.3 Å². The highest BCUT2D eigenvalue weighted by molar-refractivity contribution is 9.09. The van der Waals surface area contributed by atoms with Crippen molar-refractivity contribution in [2.45, 2.75) is 18.0 Å². The molecule has 2 aromatic rings. The Morgan fingerprint density at radius 2 is 1.81 bits per heavy atom. The van der Waals surface area contributed by atoms with Crippen LogP contribution in [0.15, 0.2) is 24.4 Å². The second-order valence-corrected chi connectivity index (χ2v) is 5.98. The average molecular weight is 355 g/mol. The number of hydrogen-bond donors (Lipinski definition) is 1. The molecular formula is C15H19BrN2O3. The summed E-state index contributed by atoms with van der Waals surface area (Å²) >= 11 is 3.53. The number of nitrogens with zero attached hydrogens (tertiary/aromatic N) is 1. The summed E-state index contributed by atoms with van der Waals surface area (Å²) < 4.78 is 16.7. The normalized spacial score (nSPS) is 13.8. The Bertz CT molecular complexity index is 619. The third-order valence-corrected chi connectivity index (χ3v) is 3.64. The smallest absolute Gasteiger partial charge is 0.162 e. The molecule has 0 saturated carbocycles. The zero-order valence-corrected chi connectivity index (χ0v) is 14.1. The van der Waals surface area contributed by atoms with Gasteiger partial charge in [0.1, 0.15) is 5.75 Å². The van der Waals surface area contributed by atoms with Crippen molar-refractivity contribution in [1.82, 2.24) is 10.3 Å². The van der Waals surface area contributed by atoms with Gasteiger partial charge in [0.25, 0.3) is 0 Å². The minimum absolute atomic E-state index is 0.149. The fraction of sp³-hybridized carbons (Fsp3) is 0.400. The molecule has 1 heterocycles. The molecule has 0 aliphatic rings. The first kappa shape index (κ1) is 15.9. The van der Waals surface area contributed by atoms with Gasteiger partial charge in [0.05, 0.1) is 24.6 Å². The van der Waals surface area contributed by atoms with Crippen LogP contribution in [-0.4, -0.2) is 37.3 Å². The summed E-state index contributed by atoms with van der Waals surface area (Å²) in [4.78, 5) is 4.51. The summed E-state index contributed by atoms with van der Waals surface area (Å²) in [5, 5.41) is 4.00. The molecule has 1 aromatic carbocycles. The lowest BCUT2D eigenvalue weighted by atomic mass is 10.2. The Morgan fingerprint density at radius 1 is 1.14 bits per heavy atom. The van der Waals surface area contributed by atoms with Gasteiger partial charge in [-0.1, -0.05) is 15.9 Å². The molecule has 1 N–H and O–H groups in total. The predicted octanol–water partition coefficient (Wildman–Crippen LogP) is 2.96. The summed E-state index contributed by atoms with van der Waals surface area (Å²) in [7, 11) is 5.07. The van der Waals surface area contributed by atoms with Crippen LogP contribution in [0.25, 0.3) is 10.9 Å². The highest BCUT2D eigenvalue weighted by atomic mass is 79.9. The molecule has 2 atom stereocenters. The Hall–Kier alpha value is -1.53. The highest BCUT2D eigenvalue weighted by Gasteiger charge is 2.17. The standard InChI is InChI=1S/C15H19BrN2O3/c1-9(16)15(17-2)21-12-5-6-18-11-8-14(20-4)13(19-3)7-10(11)12/h5-9,15,17H,1-4H3/t9?,15-/m0/s1. The predicted molar refractivity (Wildman–Crippen MR) is 86.7 cm³/mol. The number of fused-ring (bicyclic) bond motifs is 1. The molecule has 1 unspecified atom stereocenters. The van der Waals surface area contributed by atoms with E-state index in [1.165, 1.54) is 0 Å². The van der Waals surface area contributed by atoms with Gasteiger partial charge in [-0.05, 0) is 26.1 Å². The van der Waals surface area contributed by atoms with Crippen molar-refractivity contribution < 1.29 is 14.2 Å². The number of aromatic nitrogens is 1. The van der Waals surface area contributed by atoms with Crippen LogP contribution in [0, 0.1) is 0 Å². The number of alkyl halides is 1. The maximum absolute atomic E-state index is 6.02. The van der Waals surface area contributed by atoms with Crippen LogP contribution in [0.1, 0.15) is 6.92 Å². The summed E-state index contributed by atoms with van der Waals surface area (Å²) in [5.74, 6) is 2.04. The van der Waals surface area contributed by atoms with E-state index in [2.05, 4.69) is 26.2 Å². The van der Waals surface area contributed by atoms with Crippen LogP contribution >= 0.6 is 15.9 Å². The zero-order valence-electron chi connectivity index (χ0n) is 12.5. The fourth-order valence-corrected chi connectivity index (χ4v) is 2.44. The van der Waals surface area contributed by atoms with Gasteiger partial charge in [-0.25, -0.2) is 0 Å². The number of pyridine rings is 1. The Balaban J connectivity index is 2.49. The largest absolute Gasteiger partial charge is 0.493 e. The summed E-state index contributed by atoms with van der Waals surface area (Å²) in [5.41, 5.74) is 0.794. The highest BCUT2D eigenvalue weighted by Crippen LogP contribution is 2.35. The summed E-state index contributed by atoms with van der Waals surface area (Å²) in [6, 6.07) is 5.56. The third kappa shape index (κ3) is 3.39. The number of nitrogens with one attached hydrogen (secondary N) is 1. The van der Waals surface area contributed by atoms with Gasteiger partial charge in [-0.15, -0.1) is 0 Å². The van der Waals surface area contributed by atoms with E-state index in [1.54, 1.807) is 20.4 Å². The van der Waals surface area contributed by atoms with Gasteiger partial charge in [-0.2, -0.15) is 0 Å². The van der Waals surface area contributed by atoms with Crippen molar-refractivity contribution in [3.63, 3.8) is 0 Å². The summed E-state index contributed by atoms with van der Waals surface area (Å²) in [6.45, 7) is 2.02. The molecule has 0 bridgehead atoms. The molecule has 5 nitrogen and oxygen atoms in total. The molecule has 1 aromatic heterocycles. The summed E-state index contributed by atoms with van der Waals surface area (Å²) in [6.07, 6.45) is 1.57. The molecule has 0 amide bonds. The minimum Gasteiger partial charge on any atom is -0.493 e. The Labute approximate surface area is 132 Å². The van der Waals surface area contributed by atoms with Crippen LogP contribution in [0.3, 0.4) is 0 Å². The Morgan fingerprint density at radius 3 is 2.38 bits per heavy atom. The lowest BCUT2D eigenvalue weighted by molar-refractivity contribution is 0.179. The molecule has 6 heteroatoms. The monoisotopic (exact) mass is 354 g/mol. The van der Waals surface area contributed by atoms with Gasteiger partial charge in [0.15, 0.2) is 17.7 Å². The minimum atomic E-state index is -0.149. The topological polar surface area (TPSA) is 52.6 Å². The number of halogens is 1. The maximum Gasteiger partial charge on any atom is 0.162 e. The van der Waals surface area contributed by atoms with Gasteiger partial charge in [-0.3, -0.25) is 10.3 Å². The number of ether oxygens (including phenoxy) is 3. The first-order valence-corrected chi connectivity index (χ1v) is 7.51. The van der Waals surface area contributed by atoms with Crippen molar-refractivity contribution in [1.29, 1.82) is 0 Å². The molecule has 21 heavy (non-hydrogen) atoms. The molecule has 0 fully saturated rings. The quantitative estimate of drug-likeness (QED) is 0.638. The van der Waals surface area contributed by atoms with E-state index < -0.39 is 0 Å². The van der Waals surface area contributed by atoms with Crippen LogP contribution in [0.5, 0.6) is 17.2 Å².